The molecule has 1 aromatic carbocycles. The third-order valence-corrected chi connectivity index (χ3v) is 6.88. The van der Waals surface area contributed by atoms with E-state index in [-0.39, 0.29) is 36.5 Å². The summed E-state index contributed by atoms with van der Waals surface area (Å²) in [6, 6.07) is 12.1. The van der Waals surface area contributed by atoms with Crippen LogP contribution in [0.15, 0.2) is 41.2 Å². The lowest BCUT2D eigenvalue weighted by Crippen LogP contribution is -2.46. The molecule has 2 bridgehead atoms. The number of hydrogen-bond donors (Lipinski definition) is 1. The van der Waals surface area contributed by atoms with Gasteiger partial charge in [0.15, 0.2) is 11.5 Å². The summed E-state index contributed by atoms with van der Waals surface area (Å²) in [5.41, 5.74) is 2.36. The summed E-state index contributed by atoms with van der Waals surface area (Å²) in [5, 5.41) is 3.51. The van der Waals surface area contributed by atoms with E-state index in [1.54, 1.807) is 7.11 Å². The molecule has 0 aliphatic carbocycles. The average molecular weight is 482 g/mol. The van der Waals surface area contributed by atoms with Crippen molar-refractivity contribution in [3.63, 3.8) is 0 Å². The Bertz CT molecular complexity index is 960. The molecule has 8 heteroatoms. The molecule has 4 heterocycles. The molecule has 2 aromatic rings. The van der Waals surface area contributed by atoms with Crippen molar-refractivity contribution >= 4 is 24.8 Å². The second kappa shape index (κ2) is 10.9. The highest BCUT2D eigenvalue weighted by Gasteiger charge is 2.31. The van der Waals surface area contributed by atoms with Crippen LogP contribution in [-0.4, -0.2) is 48.9 Å². The molecule has 32 heavy (non-hydrogen) atoms. The van der Waals surface area contributed by atoms with Crippen LogP contribution in [0.4, 0.5) is 0 Å². The van der Waals surface area contributed by atoms with Crippen molar-refractivity contribution in [1.82, 2.24) is 14.8 Å². The molecule has 2 atom stereocenters. The first-order valence-corrected chi connectivity index (χ1v) is 11.2. The van der Waals surface area contributed by atoms with Gasteiger partial charge in [-0.25, -0.2) is 0 Å². The Hall–Kier alpha value is -1.73. The van der Waals surface area contributed by atoms with Gasteiger partial charge in [-0.05, 0) is 49.9 Å². The summed E-state index contributed by atoms with van der Waals surface area (Å²) in [4.78, 5) is 15.6. The van der Waals surface area contributed by atoms with Crippen LogP contribution in [0.5, 0.6) is 11.5 Å². The molecule has 0 radical (unpaired) electrons. The van der Waals surface area contributed by atoms with Crippen molar-refractivity contribution in [2.45, 2.75) is 44.4 Å². The Balaban J connectivity index is 0.00000144. The molecule has 2 saturated heterocycles. The number of pyridine rings is 1. The Kier molecular flexibility index (Phi) is 8.50. The van der Waals surface area contributed by atoms with Crippen LogP contribution in [0.2, 0.25) is 0 Å². The van der Waals surface area contributed by atoms with Crippen molar-refractivity contribution in [2.24, 2.45) is 5.92 Å². The molecular weight excluding hydrogens is 449 g/mol. The Morgan fingerprint density at radius 1 is 1.03 bits per heavy atom. The van der Waals surface area contributed by atoms with Crippen LogP contribution in [0.25, 0.3) is 0 Å². The van der Waals surface area contributed by atoms with Gasteiger partial charge in [-0.2, -0.15) is 0 Å². The molecule has 3 aliphatic rings. The Morgan fingerprint density at radius 2 is 1.78 bits per heavy atom. The second-order valence-electron chi connectivity index (χ2n) is 8.90. The first-order valence-electron chi connectivity index (χ1n) is 11.2. The predicted octanol–water partition coefficient (Wildman–Crippen LogP) is 3.45. The summed E-state index contributed by atoms with van der Waals surface area (Å²) in [6.45, 7) is 5.50. The third kappa shape index (κ3) is 5.09. The molecule has 0 saturated carbocycles. The van der Waals surface area contributed by atoms with Crippen molar-refractivity contribution in [3.05, 3.63) is 58.0 Å². The molecule has 1 N–H and O–H groups in total. The van der Waals surface area contributed by atoms with E-state index >= 15 is 0 Å². The monoisotopic (exact) mass is 481 g/mol. The number of benzene rings is 1. The smallest absolute Gasteiger partial charge is 0.255 e. The number of nitrogens with one attached hydrogen (secondary N) is 1. The highest BCUT2D eigenvalue weighted by atomic mass is 35.5. The molecule has 3 aliphatic heterocycles. The minimum Gasteiger partial charge on any atom is -0.493 e. The van der Waals surface area contributed by atoms with E-state index in [1.165, 1.54) is 12.1 Å². The molecule has 5 rings (SSSR count). The zero-order valence-electron chi connectivity index (χ0n) is 18.5. The van der Waals surface area contributed by atoms with E-state index < -0.39 is 0 Å². The second-order valence-corrected chi connectivity index (χ2v) is 8.90. The van der Waals surface area contributed by atoms with Crippen LogP contribution in [0.3, 0.4) is 0 Å². The zero-order valence-corrected chi connectivity index (χ0v) is 20.1. The average Bonchev–Trinajstić information content (AvgIpc) is 2.78. The fraction of sp³-hybridized carbons (Fsp3) is 0.542. The molecule has 0 amide bonds. The van der Waals surface area contributed by atoms with Gasteiger partial charge in [0.25, 0.3) is 5.56 Å². The first-order chi connectivity index (χ1) is 14.7. The lowest BCUT2D eigenvalue weighted by Gasteiger charge is -2.38. The van der Waals surface area contributed by atoms with Gasteiger partial charge in [-0.3, -0.25) is 9.69 Å². The van der Waals surface area contributed by atoms with E-state index in [2.05, 4.69) is 26.9 Å². The number of hydrogen-bond acceptors (Lipinski definition) is 5. The summed E-state index contributed by atoms with van der Waals surface area (Å²) in [5.74, 6) is 2.67. The molecule has 2 fully saturated rings. The van der Waals surface area contributed by atoms with Gasteiger partial charge < -0.3 is 19.4 Å². The predicted molar refractivity (Wildman–Crippen MR) is 131 cm³/mol. The zero-order chi connectivity index (χ0) is 20.5. The quantitative estimate of drug-likeness (QED) is 0.708. The number of para-hydroxylation sites is 2. The van der Waals surface area contributed by atoms with E-state index in [1.807, 2.05) is 24.3 Å². The van der Waals surface area contributed by atoms with Gasteiger partial charge in [-0.1, -0.05) is 18.2 Å². The topological polar surface area (TPSA) is 55.7 Å². The molecular formula is C24H33Cl2N3O3. The standard InChI is InChI=1S/C24H31N3O3.2ClH/c1-29-22-4-2-3-5-23(22)30-20-8-10-26(11-9-20)16-18-6-7-21-19-12-17(13-25-14-19)15-27(21)24(18)28;;/h2-7,17,19-20,25H,8-16H2,1H3;2*1H/t17-,19+;;/m0../s1. The minimum atomic E-state index is 0. The number of nitrogens with zero attached hydrogens (tertiary/aromatic N) is 2. The highest BCUT2D eigenvalue weighted by molar-refractivity contribution is 5.85. The number of fused-ring (bicyclic) bond motifs is 4. The fourth-order valence-electron chi connectivity index (χ4n) is 5.28. The summed E-state index contributed by atoms with van der Waals surface area (Å²) in [6.07, 6.45) is 3.32. The summed E-state index contributed by atoms with van der Waals surface area (Å²) in [7, 11) is 1.67. The van der Waals surface area contributed by atoms with Crippen LogP contribution in [0, 0.1) is 5.92 Å². The number of piperidine rings is 2. The summed E-state index contributed by atoms with van der Waals surface area (Å²) < 4.78 is 13.7. The number of methoxy groups -OCH3 is 1. The Labute approximate surface area is 202 Å². The van der Waals surface area contributed by atoms with E-state index in [4.69, 9.17) is 9.47 Å². The van der Waals surface area contributed by atoms with Gasteiger partial charge >= 0.3 is 0 Å². The molecule has 0 spiro atoms. The minimum absolute atomic E-state index is 0. The lowest BCUT2D eigenvalue weighted by atomic mass is 9.84. The van der Waals surface area contributed by atoms with Crippen molar-refractivity contribution < 1.29 is 9.47 Å². The van der Waals surface area contributed by atoms with Gasteiger partial charge in [0, 0.05) is 49.9 Å². The van der Waals surface area contributed by atoms with Gasteiger partial charge in [0.2, 0.25) is 0 Å². The van der Waals surface area contributed by atoms with E-state index in [0.717, 1.165) is 69.2 Å². The number of halogens is 2. The molecule has 1 aromatic heterocycles. The maximum atomic E-state index is 13.2. The molecule has 176 valence electrons. The van der Waals surface area contributed by atoms with Gasteiger partial charge in [-0.15, -0.1) is 24.8 Å². The van der Waals surface area contributed by atoms with Crippen LogP contribution in [-0.2, 0) is 13.1 Å². The molecule has 0 unspecified atom stereocenters. The van der Waals surface area contributed by atoms with Crippen LogP contribution in [0.1, 0.15) is 36.4 Å². The Morgan fingerprint density at radius 3 is 2.53 bits per heavy atom. The normalized spacial score (nSPS) is 22.8. The number of rotatable bonds is 5. The van der Waals surface area contributed by atoms with Crippen molar-refractivity contribution in [1.29, 1.82) is 0 Å². The SMILES string of the molecule is COc1ccccc1OC1CCN(Cc2ccc3n(c2=O)C[C@@H]2CNC[C@H]3C2)CC1.Cl.Cl. The van der Waals surface area contributed by atoms with Crippen LogP contribution < -0.4 is 20.3 Å². The third-order valence-electron chi connectivity index (χ3n) is 6.88. The fourth-order valence-corrected chi connectivity index (χ4v) is 5.28. The number of ether oxygens (including phenoxy) is 2. The summed E-state index contributed by atoms with van der Waals surface area (Å²) >= 11 is 0. The number of aromatic nitrogens is 1. The molecule has 6 nitrogen and oxygen atoms in total. The number of likely N-dealkylation sites (tertiary alicyclic amines) is 1. The van der Waals surface area contributed by atoms with E-state index in [9.17, 15) is 4.79 Å². The first kappa shape index (κ1) is 24.9. The maximum Gasteiger partial charge on any atom is 0.255 e. The maximum absolute atomic E-state index is 13.2. The van der Waals surface area contributed by atoms with Crippen molar-refractivity contribution in [2.75, 3.05) is 33.3 Å². The van der Waals surface area contributed by atoms with E-state index in [0.29, 0.717) is 11.8 Å². The van der Waals surface area contributed by atoms with Crippen molar-refractivity contribution in [3.8, 4) is 11.5 Å². The largest absolute Gasteiger partial charge is 0.493 e. The van der Waals surface area contributed by atoms with Gasteiger partial charge in [0.05, 0.1) is 7.11 Å². The van der Waals surface area contributed by atoms with Gasteiger partial charge in [0.1, 0.15) is 6.10 Å². The highest BCUT2D eigenvalue weighted by Crippen LogP contribution is 2.32. The van der Waals surface area contributed by atoms with Crippen LogP contribution >= 0.6 is 24.8 Å². The lowest BCUT2D eigenvalue weighted by molar-refractivity contribution is 0.0939.